The van der Waals surface area contributed by atoms with Gasteiger partial charge in [-0.1, -0.05) is 19.9 Å². The molecule has 0 amide bonds. The minimum Gasteiger partial charge on any atom is -0.493 e. The fourth-order valence-electron chi connectivity index (χ4n) is 3.02. The number of hydrogen-bond donors (Lipinski definition) is 1. The molecule has 0 atom stereocenters. The lowest BCUT2D eigenvalue weighted by Gasteiger charge is -2.23. The third kappa shape index (κ3) is 8.08. The monoisotopic (exact) mass is 378 g/mol. The van der Waals surface area contributed by atoms with E-state index in [1.165, 1.54) is 18.5 Å². The van der Waals surface area contributed by atoms with Gasteiger partial charge < -0.3 is 24.6 Å². The molecule has 0 spiro atoms. The van der Waals surface area contributed by atoms with Gasteiger partial charge in [0, 0.05) is 27.2 Å². The second kappa shape index (κ2) is 13.3. The number of guanidine groups is 1. The minimum absolute atomic E-state index is 0.761. The Morgan fingerprint density at radius 1 is 1.04 bits per heavy atom. The lowest BCUT2D eigenvalue weighted by molar-refractivity contribution is 0.297. The number of rotatable bonds is 12. The van der Waals surface area contributed by atoms with Crippen molar-refractivity contribution in [3.63, 3.8) is 0 Å². The van der Waals surface area contributed by atoms with E-state index in [4.69, 9.17) is 9.47 Å². The summed E-state index contributed by atoms with van der Waals surface area (Å²) in [6, 6.07) is 6.08. The summed E-state index contributed by atoms with van der Waals surface area (Å²) in [7, 11) is 7.24. The Morgan fingerprint density at radius 3 is 2.33 bits per heavy atom. The van der Waals surface area contributed by atoms with Gasteiger partial charge in [-0.2, -0.15) is 0 Å². The maximum absolute atomic E-state index is 5.38. The van der Waals surface area contributed by atoms with Gasteiger partial charge >= 0.3 is 0 Å². The van der Waals surface area contributed by atoms with E-state index in [1.807, 2.05) is 19.2 Å². The van der Waals surface area contributed by atoms with Crippen molar-refractivity contribution in [1.82, 2.24) is 15.1 Å². The van der Waals surface area contributed by atoms with E-state index >= 15 is 0 Å². The van der Waals surface area contributed by atoms with Gasteiger partial charge in [-0.05, 0) is 56.6 Å². The molecule has 6 nitrogen and oxygen atoms in total. The molecule has 0 unspecified atom stereocenters. The molecule has 1 aromatic carbocycles. The summed E-state index contributed by atoms with van der Waals surface area (Å²) in [6.07, 6.45) is 3.28. The second-order valence-corrected chi connectivity index (χ2v) is 6.57. The summed E-state index contributed by atoms with van der Waals surface area (Å²) < 4.78 is 10.7. The van der Waals surface area contributed by atoms with Crippen LogP contribution in [-0.4, -0.2) is 76.8 Å². The van der Waals surface area contributed by atoms with Gasteiger partial charge in [0.15, 0.2) is 17.5 Å². The molecule has 0 saturated carbocycles. The predicted octanol–water partition coefficient (Wildman–Crippen LogP) is 2.88. The maximum atomic E-state index is 5.38. The molecular formula is C21H38N4O2. The van der Waals surface area contributed by atoms with Crippen LogP contribution in [0.1, 0.15) is 32.3 Å². The lowest BCUT2D eigenvalue weighted by atomic mass is 10.1. The van der Waals surface area contributed by atoms with Crippen molar-refractivity contribution in [3.05, 3.63) is 23.8 Å². The summed E-state index contributed by atoms with van der Waals surface area (Å²) in [5, 5.41) is 3.47. The van der Waals surface area contributed by atoms with Crippen LogP contribution in [0.5, 0.6) is 11.5 Å². The molecule has 1 aromatic rings. The molecule has 1 N–H and O–H groups in total. The lowest BCUT2D eigenvalue weighted by Crippen LogP contribution is -2.40. The maximum Gasteiger partial charge on any atom is 0.193 e. The molecule has 0 radical (unpaired) electrons. The molecule has 0 aliphatic rings. The molecule has 154 valence electrons. The second-order valence-electron chi connectivity index (χ2n) is 6.57. The quantitative estimate of drug-likeness (QED) is 0.344. The molecule has 0 heterocycles. The first-order valence-electron chi connectivity index (χ1n) is 9.94. The van der Waals surface area contributed by atoms with Crippen LogP contribution < -0.4 is 14.8 Å². The Bertz CT molecular complexity index is 559. The molecule has 0 fully saturated rings. The summed E-state index contributed by atoms with van der Waals surface area (Å²) >= 11 is 0. The molecule has 0 bridgehead atoms. The number of unbranched alkanes of at least 4 members (excludes halogenated alkanes) is 1. The van der Waals surface area contributed by atoms with Crippen molar-refractivity contribution in [2.24, 2.45) is 4.99 Å². The van der Waals surface area contributed by atoms with Crippen LogP contribution in [0.3, 0.4) is 0 Å². The van der Waals surface area contributed by atoms with Crippen LogP contribution in [0.2, 0.25) is 0 Å². The van der Waals surface area contributed by atoms with Crippen LogP contribution in [0, 0.1) is 0 Å². The molecule has 0 saturated heterocycles. The molecule has 6 heteroatoms. The van der Waals surface area contributed by atoms with Crippen molar-refractivity contribution < 1.29 is 9.47 Å². The zero-order chi connectivity index (χ0) is 20.1. The number of nitrogens with zero attached hydrogens (tertiary/aromatic N) is 3. The molecule has 1 rings (SSSR count). The number of likely N-dealkylation sites (N-methyl/N-ethyl adjacent to an activating group) is 1. The average Bonchev–Trinajstić information content (AvgIpc) is 2.71. The first kappa shape index (κ1) is 23.1. The van der Waals surface area contributed by atoms with Gasteiger partial charge in [0.2, 0.25) is 0 Å². The Hall–Kier alpha value is -1.95. The van der Waals surface area contributed by atoms with Gasteiger partial charge in [-0.15, -0.1) is 0 Å². The third-order valence-corrected chi connectivity index (χ3v) is 4.84. The highest BCUT2D eigenvalue weighted by molar-refractivity contribution is 5.79. The fourth-order valence-corrected chi connectivity index (χ4v) is 3.02. The summed E-state index contributed by atoms with van der Waals surface area (Å²) in [5.41, 5.74) is 1.22. The summed E-state index contributed by atoms with van der Waals surface area (Å²) in [4.78, 5) is 9.03. The van der Waals surface area contributed by atoms with Crippen molar-refractivity contribution in [3.8, 4) is 11.5 Å². The van der Waals surface area contributed by atoms with Gasteiger partial charge in [0.25, 0.3) is 0 Å². The van der Waals surface area contributed by atoms with E-state index in [0.29, 0.717) is 0 Å². The first-order valence-corrected chi connectivity index (χ1v) is 9.94. The smallest absolute Gasteiger partial charge is 0.193 e. The zero-order valence-electron chi connectivity index (χ0n) is 18.0. The van der Waals surface area contributed by atoms with Crippen LogP contribution in [0.4, 0.5) is 0 Å². The minimum atomic E-state index is 0.761. The SMILES string of the molecule is CCN(CC)CCCCNC(=NC)N(C)CCc1ccc(OC)c(OC)c1. The van der Waals surface area contributed by atoms with E-state index in [-0.39, 0.29) is 0 Å². The number of aliphatic imine (C=N–C) groups is 1. The third-order valence-electron chi connectivity index (χ3n) is 4.84. The number of methoxy groups -OCH3 is 2. The highest BCUT2D eigenvalue weighted by Crippen LogP contribution is 2.27. The Morgan fingerprint density at radius 2 is 1.74 bits per heavy atom. The molecule has 27 heavy (non-hydrogen) atoms. The van der Waals surface area contributed by atoms with Gasteiger partial charge in [0.1, 0.15) is 0 Å². The van der Waals surface area contributed by atoms with Crippen molar-refractivity contribution in [2.75, 3.05) is 61.0 Å². The highest BCUT2D eigenvalue weighted by atomic mass is 16.5. The van der Waals surface area contributed by atoms with Crippen molar-refractivity contribution in [2.45, 2.75) is 33.1 Å². The van der Waals surface area contributed by atoms with Crippen molar-refractivity contribution in [1.29, 1.82) is 0 Å². The number of nitrogens with one attached hydrogen (secondary N) is 1. The Balaban J connectivity index is 2.40. The van der Waals surface area contributed by atoms with E-state index in [2.05, 4.69) is 47.1 Å². The molecule has 0 aliphatic heterocycles. The van der Waals surface area contributed by atoms with Crippen LogP contribution in [0.25, 0.3) is 0 Å². The number of benzene rings is 1. The largest absolute Gasteiger partial charge is 0.493 e. The van der Waals surface area contributed by atoms with E-state index < -0.39 is 0 Å². The predicted molar refractivity (Wildman–Crippen MR) is 114 cm³/mol. The average molecular weight is 379 g/mol. The topological polar surface area (TPSA) is 49.3 Å². The Kier molecular flexibility index (Phi) is 11.3. The van der Waals surface area contributed by atoms with Gasteiger partial charge in [-0.3, -0.25) is 4.99 Å². The summed E-state index contributed by atoms with van der Waals surface area (Å²) in [5.74, 6) is 2.48. The molecule has 0 aliphatic carbocycles. The van der Waals surface area contributed by atoms with Crippen molar-refractivity contribution >= 4 is 5.96 Å². The van der Waals surface area contributed by atoms with Crippen LogP contribution in [0.15, 0.2) is 23.2 Å². The van der Waals surface area contributed by atoms with E-state index in [1.54, 1.807) is 14.2 Å². The highest BCUT2D eigenvalue weighted by Gasteiger charge is 2.08. The summed E-state index contributed by atoms with van der Waals surface area (Å²) in [6.45, 7) is 9.70. The van der Waals surface area contributed by atoms with Gasteiger partial charge in [0.05, 0.1) is 14.2 Å². The van der Waals surface area contributed by atoms with Crippen LogP contribution in [-0.2, 0) is 6.42 Å². The number of ether oxygens (including phenoxy) is 2. The number of hydrogen-bond acceptors (Lipinski definition) is 4. The van der Waals surface area contributed by atoms with Gasteiger partial charge in [-0.25, -0.2) is 0 Å². The zero-order valence-corrected chi connectivity index (χ0v) is 18.0. The van der Waals surface area contributed by atoms with Crippen LogP contribution >= 0.6 is 0 Å². The fraction of sp³-hybridized carbons (Fsp3) is 0.667. The van der Waals surface area contributed by atoms with E-state index in [9.17, 15) is 0 Å². The Labute approximate surface area is 165 Å². The molecule has 0 aromatic heterocycles. The standard InChI is InChI=1S/C21H38N4O2/c1-7-25(8-2)15-10-9-14-23-21(22-3)24(4)16-13-18-11-12-19(26-5)20(17-18)27-6/h11-12,17H,7-10,13-16H2,1-6H3,(H,22,23). The molecular weight excluding hydrogens is 340 g/mol. The van der Waals surface area contributed by atoms with E-state index in [0.717, 1.165) is 56.5 Å². The first-order chi connectivity index (χ1) is 13.1. The normalized spacial score (nSPS) is 11.6.